The molecule has 3 heteroatoms. The molecule has 0 radical (unpaired) electrons. The second-order valence-electron chi connectivity index (χ2n) is 28.4. The van der Waals surface area contributed by atoms with E-state index < -0.39 is 0 Å². The van der Waals surface area contributed by atoms with Gasteiger partial charge in [0.15, 0.2) is 0 Å². The van der Waals surface area contributed by atoms with Crippen molar-refractivity contribution >= 4 is 57.2 Å². The fraction of sp³-hybridized carbons (Fsp3) is 0.289. The Labute approximate surface area is 471 Å². The highest BCUT2D eigenvalue weighted by Gasteiger charge is 2.48. The number of hydrogen-bond donors (Lipinski definition) is 0. The smallest absolute Gasteiger partial charge is 0.252 e. The molecular formula is C76H75BN2. The van der Waals surface area contributed by atoms with Crippen LogP contribution in [0.3, 0.4) is 0 Å². The van der Waals surface area contributed by atoms with Gasteiger partial charge in [-0.05, 0) is 188 Å². The number of benzene rings is 9. The molecule has 2 aliphatic heterocycles. The van der Waals surface area contributed by atoms with Gasteiger partial charge in [0.25, 0.3) is 6.71 Å². The molecule has 0 saturated carbocycles. The molecule has 9 aromatic rings. The molecule has 0 unspecified atom stereocenters. The van der Waals surface area contributed by atoms with Gasteiger partial charge in [0.2, 0.25) is 0 Å². The summed E-state index contributed by atoms with van der Waals surface area (Å²) in [7, 11) is 0. The largest absolute Gasteiger partial charge is 0.311 e. The lowest BCUT2D eigenvalue weighted by Gasteiger charge is -2.48. The van der Waals surface area contributed by atoms with E-state index in [0.29, 0.717) is 0 Å². The van der Waals surface area contributed by atoms with E-state index >= 15 is 0 Å². The first kappa shape index (κ1) is 49.9. The van der Waals surface area contributed by atoms with Crippen LogP contribution in [0.2, 0.25) is 0 Å². The minimum Gasteiger partial charge on any atom is -0.311 e. The Bertz CT molecular complexity index is 4020. The molecule has 9 aromatic carbocycles. The summed E-state index contributed by atoms with van der Waals surface area (Å²) in [6, 6.07) is 69.1. The van der Waals surface area contributed by atoms with Crippen LogP contribution in [0.15, 0.2) is 176 Å². The maximum absolute atomic E-state index is 2.68. The fourth-order valence-corrected chi connectivity index (χ4v) is 15.1. The maximum Gasteiger partial charge on any atom is 0.252 e. The molecule has 0 saturated heterocycles. The predicted molar refractivity (Wildman–Crippen MR) is 339 cm³/mol. The zero-order valence-corrected chi connectivity index (χ0v) is 49.1. The number of fused-ring (bicyclic) bond motifs is 11. The Hall–Kier alpha value is -7.36. The SMILES string of the molecule is CC(C)(C)c1ccc2c(c1)N(c1ccc(-c3cccc4c3-c3ccccc3C4(C)C)cc1)c1cc(C(C)(C)C)cc3c1B2c1cc2c(cc1N3c1ccc(-c3cccc4c3-c3ccccc3C4(C)C)cc1)C(C)(C)CCC2(C)C. The van der Waals surface area contributed by atoms with Crippen LogP contribution in [-0.2, 0) is 32.5 Å². The van der Waals surface area contributed by atoms with Crippen LogP contribution in [0.5, 0.6) is 0 Å². The van der Waals surface area contributed by atoms with E-state index in [9.17, 15) is 0 Å². The Morgan fingerprint density at radius 2 is 0.759 bits per heavy atom. The normalized spacial score (nSPS) is 17.2. The first-order chi connectivity index (χ1) is 37.4. The lowest BCUT2D eigenvalue weighted by Crippen LogP contribution is -2.62. The molecule has 0 aromatic heterocycles. The molecule has 0 N–H and O–H groups in total. The summed E-state index contributed by atoms with van der Waals surface area (Å²) in [4.78, 5) is 5.31. The van der Waals surface area contributed by atoms with Gasteiger partial charge in [0.1, 0.15) is 0 Å². The highest BCUT2D eigenvalue weighted by Crippen LogP contribution is 2.56. The molecular weight excluding hydrogens is 952 g/mol. The molecule has 2 nitrogen and oxygen atoms in total. The van der Waals surface area contributed by atoms with Crippen molar-refractivity contribution in [1.29, 1.82) is 0 Å². The van der Waals surface area contributed by atoms with E-state index in [1.807, 2.05) is 0 Å². The van der Waals surface area contributed by atoms with Crippen LogP contribution in [0, 0.1) is 0 Å². The molecule has 79 heavy (non-hydrogen) atoms. The minimum atomic E-state index is -0.142. The van der Waals surface area contributed by atoms with Gasteiger partial charge in [-0.1, -0.05) is 224 Å². The quantitative estimate of drug-likeness (QED) is 0.162. The van der Waals surface area contributed by atoms with Gasteiger partial charge >= 0.3 is 0 Å². The minimum absolute atomic E-state index is 0.0147. The van der Waals surface area contributed by atoms with Gasteiger partial charge in [-0.3, -0.25) is 0 Å². The Morgan fingerprint density at radius 1 is 0.354 bits per heavy atom. The number of rotatable bonds is 4. The highest BCUT2D eigenvalue weighted by atomic mass is 15.2. The van der Waals surface area contributed by atoms with Gasteiger partial charge in [-0.25, -0.2) is 0 Å². The zero-order valence-electron chi connectivity index (χ0n) is 49.1. The molecule has 0 fully saturated rings. The molecule has 5 aliphatic rings. The summed E-state index contributed by atoms with van der Waals surface area (Å²) < 4.78 is 0. The van der Waals surface area contributed by atoms with Crippen molar-refractivity contribution in [3.63, 3.8) is 0 Å². The Morgan fingerprint density at radius 3 is 1.23 bits per heavy atom. The van der Waals surface area contributed by atoms with Gasteiger partial charge in [0.05, 0.1) is 0 Å². The second-order valence-corrected chi connectivity index (χ2v) is 28.4. The van der Waals surface area contributed by atoms with E-state index in [4.69, 9.17) is 0 Å². The number of anilines is 6. The van der Waals surface area contributed by atoms with Crippen LogP contribution >= 0.6 is 0 Å². The van der Waals surface area contributed by atoms with Crippen molar-refractivity contribution in [3.05, 3.63) is 220 Å². The Kier molecular flexibility index (Phi) is 10.5. The highest BCUT2D eigenvalue weighted by molar-refractivity contribution is 7.00. The molecule has 14 rings (SSSR count). The van der Waals surface area contributed by atoms with Crippen molar-refractivity contribution in [3.8, 4) is 44.5 Å². The van der Waals surface area contributed by atoms with E-state index in [1.165, 1.54) is 140 Å². The Balaban J connectivity index is 1.00. The molecule has 0 bridgehead atoms. The van der Waals surface area contributed by atoms with Gasteiger partial charge in [0, 0.05) is 45.0 Å². The predicted octanol–water partition coefficient (Wildman–Crippen LogP) is 18.7. The average molecular weight is 1030 g/mol. The molecule has 0 atom stereocenters. The lowest BCUT2D eigenvalue weighted by molar-refractivity contribution is 0.332. The van der Waals surface area contributed by atoms with Crippen molar-refractivity contribution in [2.75, 3.05) is 9.80 Å². The summed E-state index contributed by atoms with van der Waals surface area (Å²) in [5, 5.41) is 0. The van der Waals surface area contributed by atoms with Gasteiger partial charge in [-0.2, -0.15) is 0 Å². The summed E-state index contributed by atoms with van der Waals surface area (Å²) in [5.41, 5.74) is 33.1. The van der Waals surface area contributed by atoms with E-state index in [2.05, 4.69) is 283 Å². The summed E-state index contributed by atoms with van der Waals surface area (Å²) in [5.74, 6) is 0. The third-order valence-electron chi connectivity index (χ3n) is 19.9. The van der Waals surface area contributed by atoms with Crippen molar-refractivity contribution < 1.29 is 0 Å². The molecule has 0 amide bonds. The van der Waals surface area contributed by atoms with Crippen LogP contribution in [-0.4, -0.2) is 6.71 Å². The number of nitrogens with zero attached hydrogens (tertiary/aromatic N) is 2. The van der Waals surface area contributed by atoms with Crippen LogP contribution in [0.4, 0.5) is 34.1 Å². The zero-order chi connectivity index (χ0) is 55.1. The van der Waals surface area contributed by atoms with Crippen LogP contribution < -0.4 is 26.2 Å². The van der Waals surface area contributed by atoms with Gasteiger partial charge < -0.3 is 9.80 Å². The van der Waals surface area contributed by atoms with Gasteiger partial charge in [-0.15, -0.1) is 0 Å². The number of hydrogen-bond acceptors (Lipinski definition) is 2. The molecule has 3 aliphatic carbocycles. The van der Waals surface area contributed by atoms with E-state index in [0.717, 1.165) is 12.8 Å². The van der Waals surface area contributed by atoms with E-state index in [-0.39, 0.29) is 39.2 Å². The summed E-state index contributed by atoms with van der Waals surface area (Å²) in [6.07, 6.45) is 2.32. The molecule has 392 valence electrons. The first-order valence-electron chi connectivity index (χ1n) is 29.2. The molecule has 0 spiro atoms. The van der Waals surface area contributed by atoms with Crippen molar-refractivity contribution in [2.45, 2.75) is 142 Å². The van der Waals surface area contributed by atoms with Crippen LogP contribution in [0.25, 0.3) is 44.5 Å². The summed E-state index contributed by atoms with van der Waals surface area (Å²) in [6.45, 7) is 33.7. The van der Waals surface area contributed by atoms with Crippen molar-refractivity contribution in [2.24, 2.45) is 0 Å². The standard InChI is InChI=1S/C76H75BN2/c1-71(2,3)48-33-38-62-64(41-48)78(50-34-29-46(30-35-50)52-23-19-27-58-68(52)54-21-15-17-25-56(54)75(58,11)12)66-42-49(72(4,5)6)43-67-70(66)77(62)63-44-60-61(74(9,10)40-39-73(60,7)8)45-65(63)79(67)51-36-31-47(32-37-51)53-24-20-28-59-69(53)55-22-16-18-26-57(55)76(59,13)14/h15-38,41-45H,39-40H2,1-14H3. The van der Waals surface area contributed by atoms with E-state index in [1.54, 1.807) is 0 Å². The van der Waals surface area contributed by atoms with Crippen LogP contribution in [0.1, 0.15) is 154 Å². The van der Waals surface area contributed by atoms with Crippen molar-refractivity contribution in [1.82, 2.24) is 0 Å². The third-order valence-corrected chi connectivity index (χ3v) is 19.9. The monoisotopic (exact) mass is 1030 g/mol. The second kappa shape index (κ2) is 16.6. The average Bonchev–Trinajstić information content (AvgIpc) is 3.65. The topological polar surface area (TPSA) is 6.48 Å². The maximum atomic E-state index is 2.68. The lowest BCUT2D eigenvalue weighted by atomic mass is 9.33. The fourth-order valence-electron chi connectivity index (χ4n) is 15.1. The third kappa shape index (κ3) is 7.23. The molecule has 2 heterocycles. The first-order valence-corrected chi connectivity index (χ1v) is 29.2. The summed E-state index contributed by atoms with van der Waals surface area (Å²) >= 11 is 0.